The number of fused-ring (bicyclic) bond motifs is 12. The number of nitrogens with one attached hydrogen (secondary N) is 1. The van der Waals surface area contributed by atoms with Crippen molar-refractivity contribution in [2.75, 3.05) is 7.11 Å². The van der Waals surface area contributed by atoms with E-state index < -0.39 is 117 Å². The lowest BCUT2D eigenvalue weighted by Gasteiger charge is -2.37. The number of hydrogen-bond acceptors (Lipinski definition) is 13. The predicted octanol–water partition coefficient (Wildman–Crippen LogP) is 2.64. The van der Waals surface area contributed by atoms with Crippen LogP contribution in [0.15, 0.2) is 35.8 Å². The maximum absolute atomic E-state index is 13.9. The van der Waals surface area contributed by atoms with Crippen LogP contribution in [0.5, 0.6) is 11.5 Å². The number of rotatable bonds is 2. The third-order valence-corrected chi connectivity index (χ3v) is 10.5. The molecular formula is C37H43NO13. The van der Waals surface area contributed by atoms with Gasteiger partial charge in [0.2, 0.25) is 5.78 Å². The largest absolute Gasteiger partial charge is 0.507 e. The van der Waals surface area contributed by atoms with Gasteiger partial charge in [-0.1, -0.05) is 20.8 Å². The Balaban J connectivity index is 1.58. The first-order chi connectivity index (χ1) is 23.8. The molecule has 0 aromatic heterocycles. The molecule has 3 heterocycles. The van der Waals surface area contributed by atoms with Gasteiger partial charge in [-0.25, -0.2) is 0 Å². The van der Waals surface area contributed by atoms with Crippen LogP contribution in [0.3, 0.4) is 0 Å². The molecule has 5 bridgehead atoms. The van der Waals surface area contributed by atoms with E-state index in [9.17, 15) is 44.1 Å². The average Bonchev–Trinajstić information content (AvgIpc) is 3.84. The fourth-order valence-electron chi connectivity index (χ4n) is 7.27. The molecular weight excluding hydrogens is 666 g/mol. The molecule has 51 heavy (non-hydrogen) atoms. The smallest absolute Gasteiger partial charge is 0.312 e. The summed E-state index contributed by atoms with van der Waals surface area (Å²) in [6.07, 6.45) is 0.761. The summed E-state index contributed by atoms with van der Waals surface area (Å²) in [5.41, 5.74) is -1.78. The summed E-state index contributed by atoms with van der Waals surface area (Å²) in [4.78, 5) is 79.5. The van der Waals surface area contributed by atoms with E-state index in [1.165, 1.54) is 40.9 Å². The van der Waals surface area contributed by atoms with E-state index in [0.717, 1.165) is 18.4 Å². The Bertz CT molecular complexity index is 1810. The number of methoxy groups -OCH3 is 1. The molecule has 1 unspecified atom stereocenters. The lowest BCUT2D eigenvalue weighted by molar-refractivity contribution is -0.160. The van der Waals surface area contributed by atoms with E-state index in [4.69, 9.17) is 18.9 Å². The highest BCUT2D eigenvalue weighted by Gasteiger charge is 2.52. The van der Waals surface area contributed by atoms with Crippen LogP contribution in [0, 0.1) is 36.5 Å². The summed E-state index contributed by atoms with van der Waals surface area (Å²) in [6, 6.07) is 0. The van der Waals surface area contributed by atoms with Gasteiger partial charge in [0.25, 0.3) is 11.7 Å². The van der Waals surface area contributed by atoms with Crippen molar-refractivity contribution in [3.63, 3.8) is 0 Å². The molecule has 6 rings (SSSR count). The van der Waals surface area contributed by atoms with Gasteiger partial charge in [0.05, 0.1) is 47.0 Å². The van der Waals surface area contributed by atoms with Crippen LogP contribution in [0.2, 0.25) is 0 Å². The maximum atomic E-state index is 13.9. The number of carbonyl (C=O) groups excluding carboxylic acids is 6. The second-order valence-corrected chi connectivity index (χ2v) is 14.0. The number of Topliss-reactive ketones (excluding diaryl/α,β-unsaturated/α-hetero) is 2. The van der Waals surface area contributed by atoms with Crippen molar-refractivity contribution in [3.05, 3.63) is 58.0 Å². The summed E-state index contributed by atoms with van der Waals surface area (Å²) >= 11 is 0. The van der Waals surface area contributed by atoms with Gasteiger partial charge in [-0.05, 0) is 38.3 Å². The quantitative estimate of drug-likeness (QED) is 0.326. The van der Waals surface area contributed by atoms with Gasteiger partial charge < -0.3 is 39.6 Å². The molecule has 14 nitrogen and oxygen atoms in total. The van der Waals surface area contributed by atoms with Crippen LogP contribution in [0.25, 0.3) is 0 Å². The first kappa shape index (κ1) is 37.6. The highest BCUT2D eigenvalue weighted by Crippen LogP contribution is 2.48. The van der Waals surface area contributed by atoms with Crippen molar-refractivity contribution < 1.29 is 63.0 Å². The molecule has 1 fully saturated rings. The first-order valence-electron chi connectivity index (χ1n) is 16.7. The van der Waals surface area contributed by atoms with Crippen LogP contribution in [0.4, 0.5) is 0 Å². The lowest BCUT2D eigenvalue weighted by atomic mass is 9.79. The molecule has 1 aromatic carbocycles. The first-order valence-corrected chi connectivity index (χ1v) is 16.7. The molecule has 5 aliphatic rings. The summed E-state index contributed by atoms with van der Waals surface area (Å²) in [6.45, 7) is 10.3. The number of esters is 1. The average molecular weight is 710 g/mol. The van der Waals surface area contributed by atoms with Crippen molar-refractivity contribution in [1.82, 2.24) is 5.32 Å². The number of benzene rings is 1. The van der Waals surface area contributed by atoms with E-state index in [-0.39, 0.29) is 22.4 Å². The zero-order valence-electron chi connectivity index (χ0n) is 29.6. The number of aromatic hydroxyl groups is 1. The van der Waals surface area contributed by atoms with Crippen LogP contribution < -0.4 is 10.1 Å². The molecule has 14 heteroatoms. The van der Waals surface area contributed by atoms with Crippen molar-refractivity contribution in [3.8, 4) is 11.5 Å². The lowest BCUT2D eigenvalue weighted by Crippen LogP contribution is -2.46. The molecule has 10 atom stereocenters. The van der Waals surface area contributed by atoms with E-state index in [2.05, 4.69) is 5.32 Å². The van der Waals surface area contributed by atoms with Gasteiger partial charge >= 0.3 is 11.8 Å². The number of phenolic OH excluding ortho intramolecular Hbond substituents is 1. The third kappa shape index (κ3) is 6.63. The molecule has 1 saturated carbocycles. The van der Waals surface area contributed by atoms with Crippen LogP contribution >= 0.6 is 0 Å². The summed E-state index contributed by atoms with van der Waals surface area (Å²) in [5.74, 6) is -10.7. The standard InChI is InChI=1S/C37H43NO13/c1-14-11-23(40)20-12-21(20)30(43)16(3)29(42)17(4)33(50-19(6)39)15(2)25(48-8)9-10-49-37(7)35(46)28-26-24(41)13-22(38-36(14)47)32(45)27(26)31(44)18(5)34(28)51-37/h9-11,13,15-17,20-21,25,29-30,33,42-44H,12H2,1-8H3,(H,38,47)/b10-9?,14-11-/t15-,16+,17-,20?,21+,25+,29-,30-,33-,37+/m1/s1. The Labute approximate surface area is 294 Å². The highest BCUT2D eigenvalue weighted by atomic mass is 16.7. The number of allylic oxidation sites excluding steroid dienone is 3. The van der Waals surface area contributed by atoms with Gasteiger partial charge in [0.15, 0.2) is 11.6 Å². The molecule has 274 valence electrons. The molecule has 0 spiro atoms. The second-order valence-electron chi connectivity index (χ2n) is 14.0. The highest BCUT2D eigenvalue weighted by molar-refractivity contribution is 6.31. The molecule has 3 aliphatic heterocycles. The van der Waals surface area contributed by atoms with Crippen LogP contribution in [-0.4, -0.2) is 87.6 Å². The number of ether oxygens (including phenoxy) is 4. The topological polar surface area (TPSA) is 212 Å². The molecule has 1 aromatic rings. The second kappa shape index (κ2) is 13.8. The number of aliphatic hydroxyl groups excluding tert-OH is 2. The van der Waals surface area contributed by atoms with E-state index in [1.807, 2.05) is 0 Å². The van der Waals surface area contributed by atoms with Crippen LogP contribution in [-0.2, 0) is 28.6 Å². The number of phenols is 1. The van der Waals surface area contributed by atoms with Gasteiger partial charge in [0.1, 0.15) is 17.6 Å². The third-order valence-electron chi connectivity index (χ3n) is 10.5. The van der Waals surface area contributed by atoms with E-state index in [0.29, 0.717) is 6.42 Å². The number of ketones is 4. The zero-order chi connectivity index (χ0) is 37.9. The Kier molecular flexibility index (Phi) is 10.2. The van der Waals surface area contributed by atoms with Gasteiger partial charge in [-0.2, -0.15) is 0 Å². The molecule has 0 radical (unpaired) electrons. The van der Waals surface area contributed by atoms with Crippen molar-refractivity contribution in [2.45, 2.75) is 85.1 Å². The van der Waals surface area contributed by atoms with E-state index >= 15 is 0 Å². The minimum atomic E-state index is -2.05. The number of amides is 1. The number of carbonyl (C=O) groups is 6. The van der Waals surface area contributed by atoms with Crippen LogP contribution in [0.1, 0.15) is 84.6 Å². The summed E-state index contributed by atoms with van der Waals surface area (Å²) < 4.78 is 23.0. The van der Waals surface area contributed by atoms with Crippen molar-refractivity contribution in [1.29, 1.82) is 0 Å². The SMILES string of the molecule is CO[C@H]1C=CO[C@@]2(C)Oc3c(C)c(O)c4c(c3C2=O)C(=O)C=C(NC(=O)/C(C)=C\C(=O)C2C[C@@H]2[C@H](O)[C@@H](C)[C@@H](O)[C@@H](C)[C@H](OC(C)=O)[C@@H]1C)C4=O. The zero-order valence-corrected chi connectivity index (χ0v) is 29.6. The number of aliphatic hydroxyl groups is 2. The summed E-state index contributed by atoms with van der Waals surface area (Å²) in [7, 11) is 1.40. The molecule has 1 amide bonds. The normalized spacial score (nSPS) is 35.2. The molecule has 4 N–H and O–H groups in total. The summed E-state index contributed by atoms with van der Waals surface area (Å²) in [5, 5.41) is 36.1. The van der Waals surface area contributed by atoms with Crippen molar-refractivity contribution >= 4 is 35.0 Å². The van der Waals surface area contributed by atoms with Gasteiger partial charge in [-0.15, -0.1) is 0 Å². The maximum Gasteiger partial charge on any atom is 0.312 e. The fourth-order valence-corrected chi connectivity index (χ4v) is 7.27. The predicted molar refractivity (Wildman–Crippen MR) is 178 cm³/mol. The van der Waals surface area contributed by atoms with Crippen molar-refractivity contribution in [2.24, 2.45) is 29.6 Å². The minimum Gasteiger partial charge on any atom is -0.507 e. The minimum absolute atomic E-state index is 0.0233. The Morgan fingerprint density at radius 2 is 1.63 bits per heavy atom. The monoisotopic (exact) mass is 709 g/mol. The Morgan fingerprint density at radius 1 is 0.961 bits per heavy atom. The molecule has 0 saturated heterocycles. The van der Waals surface area contributed by atoms with Gasteiger partial charge in [0, 0.05) is 61.8 Å². The Morgan fingerprint density at radius 3 is 2.25 bits per heavy atom. The van der Waals surface area contributed by atoms with E-state index in [1.54, 1.807) is 20.8 Å². The molecule has 2 aliphatic carbocycles. The number of hydrogen-bond donors (Lipinski definition) is 4. The Hall–Kier alpha value is -4.66. The fraction of sp³-hybridized carbons (Fsp3) is 0.514. The van der Waals surface area contributed by atoms with Gasteiger partial charge in [-0.3, -0.25) is 28.8 Å².